The first kappa shape index (κ1) is 24.6. The predicted octanol–water partition coefficient (Wildman–Crippen LogP) is 10.3. The molecule has 7 rings (SSSR count). The molecular formula is C37H26Br2. The van der Waals surface area contributed by atoms with Crippen molar-refractivity contribution in [2.24, 2.45) is 0 Å². The molecule has 188 valence electrons. The number of allylic oxidation sites excluding steroid dienone is 4. The van der Waals surface area contributed by atoms with Gasteiger partial charge < -0.3 is 0 Å². The third kappa shape index (κ3) is 3.77. The Kier molecular flexibility index (Phi) is 6.06. The number of benzene rings is 5. The van der Waals surface area contributed by atoms with E-state index < -0.39 is 5.41 Å². The van der Waals surface area contributed by atoms with E-state index in [1.807, 2.05) is 0 Å². The molecule has 0 fully saturated rings. The topological polar surface area (TPSA) is 0 Å². The summed E-state index contributed by atoms with van der Waals surface area (Å²) in [4.78, 5) is 0. The maximum atomic E-state index is 3.67. The van der Waals surface area contributed by atoms with Gasteiger partial charge in [-0.1, -0.05) is 153 Å². The number of fused-ring (bicyclic) bond motifs is 3. The van der Waals surface area contributed by atoms with Crippen LogP contribution in [0.4, 0.5) is 0 Å². The number of hydrogen-bond donors (Lipinski definition) is 0. The zero-order valence-electron chi connectivity index (χ0n) is 21.3. The van der Waals surface area contributed by atoms with Crippen molar-refractivity contribution in [2.75, 3.05) is 0 Å². The first-order valence-electron chi connectivity index (χ1n) is 13.3. The van der Waals surface area contributed by atoms with Gasteiger partial charge in [-0.2, -0.15) is 0 Å². The van der Waals surface area contributed by atoms with Gasteiger partial charge in [0.2, 0.25) is 0 Å². The SMILES string of the molecule is Brc1ccc(C2(c3ccc(Br)cc3)C3=CCC(c4ccccc4)(c4ccccc4)C=C3c3ccccc32)cc1. The van der Waals surface area contributed by atoms with Crippen LogP contribution in [0, 0.1) is 0 Å². The molecule has 0 saturated heterocycles. The molecule has 0 bridgehead atoms. The lowest BCUT2D eigenvalue weighted by Gasteiger charge is -2.39. The highest BCUT2D eigenvalue weighted by atomic mass is 79.9. The van der Waals surface area contributed by atoms with Crippen LogP contribution in [0.3, 0.4) is 0 Å². The van der Waals surface area contributed by atoms with E-state index in [1.54, 1.807) is 0 Å². The van der Waals surface area contributed by atoms with Crippen LogP contribution in [0.5, 0.6) is 0 Å². The van der Waals surface area contributed by atoms with Crippen molar-refractivity contribution >= 4 is 37.4 Å². The number of halogens is 2. The van der Waals surface area contributed by atoms with Gasteiger partial charge in [-0.3, -0.25) is 0 Å². The molecular weight excluding hydrogens is 604 g/mol. The summed E-state index contributed by atoms with van der Waals surface area (Å²) in [6.07, 6.45) is 5.98. The summed E-state index contributed by atoms with van der Waals surface area (Å²) in [7, 11) is 0. The summed E-state index contributed by atoms with van der Waals surface area (Å²) >= 11 is 7.35. The third-order valence-electron chi connectivity index (χ3n) is 8.47. The molecule has 0 aromatic heterocycles. The zero-order valence-corrected chi connectivity index (χ0v) is 24.5. The van der Waals surface area contributed by atoms with Crippen molar-refractivity contribution in [3.05, 3.63) is 194 Å². The Morgan fingerprint density at radius 2 is 0.974 bits per heavy atom. The average Bonchev–Trinajstić information content (AvgIpc) is 3.29. The molecule has 0 atom stereocenters. The van der Waals surface area contributed by atoms with Crippen LogP contribution < -0.4 is 0 Å². The van der Waals surface area contributed by atoms with Crippen molar-refractivity contribution in [3.8, 4) is 0 Å². The van der Waals surface area contributed by atoms with Gasteiger partial charge in [0.15, 0.2) is 0 Å². The lowest BCUT2D eigenvalue weighted by molar-refractivity contribution is 0.636. The second-order valence-corrected chi connectivity index (χ2v) is 12.2. The maximum Gasteiger partial charge on any atom is 0.0710 e. The standard InChI is InChI=1S/C37H26Br2/c38-30-19-15-28(16-20-30)37(29-17-21-31(39)22-18-29)34-14-8-7-13-32(34)33-25-36(24-23-35(33)37,26-9-3-1-4-10-26)27-11-5-2-6-12-27/h1-23,25H,24H2. The van der Waals surface area contributed by atoms with Crippen LogP contribution >= 0.6 is 31.9 Å². The molecule has 0 unspecified atom stereocenters. The second-order valence-electron chi connectivity index (χ2n) is 10.4. The Labute approximate surface area is 247 Å². The molecule has 2 heteroatoms. The summed E-state index contributed by atoms with van der Waals surface area (Å²) in [5.41, 5.74) is 9.90. The highest BCUT2D eigenvalue weighted by Crippen LogP contribution is 2.60. The molecule has 2 aliphatic rings. The minimum absolute atomic E-state index is 0.246. The summed E-state index contributed by atoms with van der Waals surface area (Å²) in [5, 5.41) is 0. The van der Waals surface area contributed by atoms with Crippen LogP contribution in [0.25, 0.3) is 5.57 Å². The van der Waals surface area contributed by atoms with E-state index in [4.69, 9.17) is 0 Å². The van der Waals surface area contributed by atoms with E-state index in [9.17, 15) is 0 Å². The van der Waals surface area contributed by atoms with Gasteiger partial charge in [0.05, 0.1) is 5.41 Å². The molecule has 2 aliphatic carbocycles. The van der Waals surface area contributed by atoms with Crippen molar-refractivity contribution in [1.82, 2.24) is 0 Å². The van der Waals surface area contributed by atoms with Crippen LogP contribution in [0.2, 0.25) is 0 Å². The fourth-order valence-corrected chi connectivity index (χ4v) is 7.28. The van der Waals surface area contributed by atoms with E-state index in [0.717, 1.165) is 15.4 Å². The molecule has 0 radical (unpaired) electrons. The van der Waals surface area contributed by atoms with Crippen molar-refractivity contribution in [2.45, 2.75) is 17.3 Å². The lowest BCUT2D eigenvalue weighted by atomic mass is 9.63. The molecule has 0 saturated carbocycles. The van der Waals surface area contributed by atoms with Crippen LogP contribution in [-0.2, 0) is 10.8 Å². The van der Waals surface area contributed by atoms with Crippen molar-refractivity contribution in [3.63, 3.8) is 0 Å². The van der Waals surface area contributed by atoms with Gasteiger partial charge >= 0.3 is 0 Å². The third-order valence-corrected chi connectivity index (χ3v) is 9.52. The molecule has 0 spiro atoms. The molecule has 0 amide bonds. The van der Waals surface area contributed by atoms with E-state index in [-0.39, 0.29) is 5.41 Å². The quantitative estimate of drug-likeness (QED) is 0.185. The lowest BCUT2D eigenvalue weighted by Crippen LogP contribution is -2.32. The first-order valence-corrected chi connectivity index (χ1v) is 14.9. The Hall–Kier alpha value is -3.46. The van der Waals surface area contributed by atoms with Gasteiger partial charge in [-0.25, -0.2) is 0 Å². The summed E-state index contributed by atoms with van der Waals surface area (Å²) in [6, 6.07) is 48.8. The molecule has 5 aromatic carbocycles. The molecule has 0 aliphatic heterocycles. The highest BCUT2D eigenvalue weighted by Gasteiger charge is 2.50. The Balaban J connectivity index is 1.55. The largest absolute Gasteiger partial charge is 0.0776 e. The van der Waals surface area contributed by atoms with Gasteiger partial charge in [-0.15, -0.1) is 0 Å². The highest BCUT2D eigenvalue weighted by molar-refractivity contribution is 9.10. The Morgan fingerprint density at radius 3 is 1.51 bits per heavy atom. The second kappa shape index (κ2) is 9.62. The normalized spacial score (nSPS) is 16.6. The zero-order chi connectivity index (χ0) is 26.5. The molecule has 0 heterocycles. The monoisotopic (exact) mass is 628 g/mol. The van der Waals surface area contributed by atoms with Gasteiger partial charge in [0.1, 0.15) is 0 Å². The van der Waals surface area contributed by atoms with Crippen LogP contribution in [0.15, 0.2) is 160 Å². The Morgan fingerprint density at radius 1 is 0.487 bits per heavy atom. The number of hydrogen-bond acceptors (Lipinski definition) is 0. The maximum absolute atomic E-state index is 3.67. The fraction of sp³-hybridized carbons (Fsp3) is 0.0811. The van der Waals surface area contributed by atoms with Gasteiger partial charge in [0.25, 0.3) is 0 Å². The Bertz CT molecular complexity index is 1630. The predicted molar refractivity (Wildman–Crippen MR) is 169 cm³/mol. The molecule has 0 N–H and O–H groups in total. The van der Waals surface area contributed by atoms with Crippen LogP contribution in [-0.4, -0.2) is 0 Å². The fourth-order valence-electron chi connectivity index (χ4n) is 6.75. The first-order chi connectivity index (χ1) is 19.1. The molecule has 0 nitrogen and oxygen atoms in total. The average molecular weight is 630 g/mol. The smallest absolute Gasteiger partial charge is 0.0710 e. The van der Waals surface area contributed by atoms with Crippen molar-refractivity contribution in [1.29, 1.82) is 0 Å². The summed E-state index contributed by atoms with van der Waals surface area (Å²) in [5.74, 6) is 0. The summed E-state index contributed by atoms with van der Waals surface area (Å²) in [6.45, 7) is 0. The van der Waals surface area contributed by atoms with E-state index in [1.165, 1.54) is 44.5 Å². The van der Waals surface area contributed by atoms with E-state index >= 15 is 0 Å². The van der Waals surface area contributed by atoms with E-state index in [0.29, 0.717) is 0 Å². The van der Waals surface area contributed by atoms with Gasteiger partial charge in [-0.05, 0) is 75.2 Å². The van der Waals surface area contributed by atoms with Gasteiger partial charge in [0, 0.05) is 14.4 Å². The summed E-state index contributed by atoms with van der Waals surface area (Å²) < 4.78 is 2.17. The minimum Gasteiger partial charge on any atom is -0.0776 e. The van der Waals surface area contributed by atoms with E-state index in [2.05, 4.69) is 177 Å². The number of rotatable bonds is 4. The minimum atomic E-state index is -0.399. The van der Waals surface area contributed by atoms with Crippen LogP contribution in [0.1, 0.15) is 39.8 Å². The molecule has 39 heavy (non-hydrogen) atoms. The molecule has 5 aromatic rings. The van der Waals surface area contributed by atoms with Crippen molar-refractivity contribution < 1.29 is 0 Å².